The number of aliphatic carboxylic acids is 1. The van der Waals surface area contributed by atoms with E-state index in [4.69, 9.17) is 5.11 Å². The van der Waals surface area contributed by atoms with E-state index in [1.54, 1.807) is 0 Å². The molecule has 1 aliphatic rings. The van der Waals surface area contributed by atoms with E-state index in [2.05, 4.69) is 33.5 Å². The second kappa shape index (κ2) is 7.68. The monoisotopic (exact) mass is 312 g/mol. The van der Waals surface area contributed by atoms with Gasteiger partial charge in [0, 0.05) is 19.6 Å². The first-order valence-corrected chi connectivity index (χ1v) is 8.67. The lowest BCUT2D eigenvalue weighted by atomic mass is 9.85. The summed E-state index contributed by atoms with van der Waals surface area (Å²) in [4.78, 5) is 13.0. The van der Waals surface area contributed by atoms with Crippen molar-refractivity contribution in [1.29, 1.82) is 0 Å². The standard InChI is InChI=1S/C14H24N4O2S/c1-3-8-18-13(15-16-14(18)21-10-12(19)20)17(4-2)9-11-6-5-7-11/h11H,3-10H2,1-2H3,(H,19,20). The number of hydrogen-bond acceptors (Lipinski definition) is 5. The van der Waals surface area contributed by atoms with E-state index in [1.165, 1.54) is 31.0 Å². The molecule has 1 N–H and O–H groups in total. The van der Waals surface area contributed by atoms with Crippen LogP contribution in [0.4, 0.5) is 5.95 Å². The molecule has 6 nitrogen and oxygen atoms in total. The quantitative estimate of drug-likeness (QED) is 0.706. The SMILES string of the molecule is CCCn1c(SCC(=O)O)nnc1N(CC)CC1CCC1. The van der Waals surface area contributed by atoms with Crippen molar-refractivity contribution in [2.75, 3.05) is 23.7 Å². The van der Waals surface area contributed by atoms with E-state index in [9.17, 15) is 4.79 Å². The van der Waals surface area contributed by atoms with Crippen molar-refractivity contribution in [2.45, 2.75) is 51.2 Å². The summed E-state index contributed by atoms with van der Waals surface area (Å²) in [5.74, 6) is 0.858. The highest BCUT2D eigenvalue weighted by molar-refractivity contribution is 7.99. The molecule has 0 radical (unpaired) electrons. The lowest BCUT2D eigenvalue weighted by molar-refractivity contribution is -0.133. The predicted molar refractivity (Wildman–Crippen MR) is 83.9 cm³/mol. The molecule has 1 aliphatic carbocycles. The van der Waals surface area contributed by atoms with Crippen molar-refractivity contribution in [1.82, 2.24) is 14.8 Å². The Kier molecular flexibility index (Phi) is 5.90. The molecule has 0 unspecified atom stereocenters. The minimum Gasteiger partial charge on any atom is -0.481 e. The third-order valence-electron chi connectivity index (χ3n) is 3.84. The zero-order valence-electron chi connectivity index (χ0n) is 12.8. The van der Waals surface area contributed by atoms with Crippen LogP contribution in [-0.2, 0) is 11.3 Å². The molecule has 2 rings (SSSR count). The average Bonchev–Trinajstić information content (AvgIpc) is 2.79. The van der Waals surface area contributed by atoms with Crippen LogP contribution in [0.5, 0.6) is 0 Å². The average molecular weight is 312 g/mol. The van der Waals surface area contributed by atoms with Gasteiger partial charge >= 0.3 is 5.97 Å². The minimum atomic E-state index is -0.825. The number of aromatic nitrogens is 3. The van der Waals surface area contributed by atoms with E-state index < -0.39 is 5.97 Å². The first kappa shape index (κ1) is 16.1. The highest BCUT2D eigenvalue weighted by atomic mass is 32.2. The van der Waals surface area contributed by atoms with Gasteiger partial charge in [-0.25, -0.2) is 0 Å². The first-order valence-electron chi connectivity index (χ1n) is 7.68. The van der Waals surface area contributed by atoms with Gasteiger partial charge in [0.05, 0.1) is 5.75 Å². The second-order valence-corrected chi connectivity index (χ2v) is 6.39. The van der Waals surface area contributed by atoms with Crippen LogP contribution in [0.15, 0.2) is 5.16 Å². The molecule has 0 atom stereocenters. The molecular formula is C14H24N4O2S. The largest absolute Gasteiger partial charge is 0.481 e. The van der Waals surface area contributed by atoms with Gasteiger partial charge in [-0.3, -0.25) is 9.36 Å². The van der Waals surface area contributed by atoms with Crippen molar-refractivity contribution < 1.29 is 9.90 Å². The maximum Gasteiger partial charge on any atom is 0.313 e. The number of thioether (sulfide) groups is 1. The molecular weight excluding hydrogens is 288 g/mol. The lowest BCUT2D eigenvalue weighted by Crippen LogP contribution is -2.34. The van der Waals surface area contributed by atoms with E-state index in [-0.39, 0.29) is 5.75 Å². The van der Waals surface area contributed by atoms with Gasteiger partial charge in [0.25, 0.3) is 0 Å². The summed E-state index contributed by atoms with van der Waals surface area (Å²) in [6, 6.07) is 0. The lowest BCUT2D eigenvalue weighted by Gasteiger charge is -2.32. The van der Waals surface area contributed by atoms with Crippen LogP contribution >= 0.6 is 11.8 Å². The summed E-state index contributed by atoms with van der Waals surface area (Å²) in [6.45, 7) is 7.00. The maximum atomic E-state index is 10.7. The van der Waals surface area contributed by atoms with E-state index >= 15 is 0 Å². The van der Waals surface area contributed by atoms with Gasteiger partial charge in [0.15, 0.2) is 5.16 Å². The normalized spacial score (nSPS) is 15.0. The summed E-state index contributed by atoms with van der Waals surface area (Å²) in [7, 11) is 0. The van der Waals surface area contributed by atoms with Crippen LogP contribution in [0.3, 0.4) is 0 Å². The molecule has 0 aliphatic heterocycles. The smallest absolute Gasteiger partial charge is 0.313 e. The summed E-state index contributed by atoms with van der Waals surface area (Å²) >= 11 is 1.25. The summed E-state index contributed by atoms with van der Waals surface area (Å²) in [6.07, 6.45) is 4.92. The molecule has 118 valence electrons. The number of hydrogen-bond donors (Lipinski definition) is 1. The zero-order valence-corrected chi connectivity index (χ0v) is 13.6. The molecule has 0 saturated heterocycles. The molecule has 0 aromatic carbocycles. The van der Waals surface area contributed by atoms with Gasteiger partial charge in [0.1, 0.15) is 0 Å². The molecule has 1 aromatic rings. The van der Waals surface area contributed by atoms with E-state index in [1.807, 2.05) is 0 Å². The molecule has 0 spiro atoms. The molecule has 21 heavy (non-hydrogen) atoms. The Morgan fingerprint density at radius 1 is 1.43 bits per heavy atom. The zero-order chi connectivity index (χ0) is 15.2. The van der Waals surface area contributed by atoms with Gasteiger partial charge in [-0.1, -0.05) is 25.1 Å². The number of anilines is 1. The fourth-order valence-electron chi connectivity index (χ4n) is 2.51. The van der Waals surface area contributed by atoms with E-state index in [0.717, 1.165) is 37.9 Å². The van der Waals surface area contributed by atoms with Gasteiger partial charge in [-0.05, 0) is 32.1 Å². The Hall–Kier alpha value is -1.24. The molecule has 1 heterocycles. The Morgan fingerprint density at radius 3 is 2.71 bits per heavy atom. The fraction of sp³-hybridized carbons (Fsp3) is 0.786. The summed E-state index contributed by atoms with van der Waals surface area (Å²) < 4.78 is 2.07. The van der Waals surface area contributed by atoms with Crippen LogP contribution in [-0.4, -0.2) is 44.7 Å². The fourth-order valence-corrected chi connectivity index (χ4v) is 3.19. The van der Waals surface area contributed by atoms with Crippen molar-refractivity contribution in [3.8, 4) is 0 Å². The first-order chi connectivity index (χ1) is 10.2. The third kappa shape index (κ3) is 4.12. The summed E-state index contributed by atoms with van der Waals surface area (Å²) in [5.41, 5.74) is 0. The van der Waals surface area contributed by atoms with Gasteiger partial charge in [0.2, 0.25) is 5.95 Å². The molecule has 7 heteroatoms. The van der Waals surface area contributed by atoms with Crippen molar-refractivity contribution in [3.63, 3.8) is 0 Å². The van der Waals surface area contributed by atoms with Crippen LogP contribution in [0.2, 0.25) is 0 Å². The number of carboxylic acids is 1. The van der Waals surface area contributed by atoms with Crippen LogP contribution in [0, 0.1) is 5.92 Å². The van der Waals surface area contributed by atoms with E-state index in [0.29, 0.717) is 5.16 Å². The topological polar surface area (TPSA) is 71.2 Å². The molecule has 1 fully saturated rings. The molecule has 1 aromatic heterocycles. The van der Waals surface area contributed by atoms with Crippen LogP contribution in [0.1, 0.15) is 39.5 Å². The molecule has 0 amide bonds. The van der Waals surface area contributed by atoms with Crippen molar-refractivity contribution in [3.05, 3.63) is 0 Å². The van der Waals surface area contributed by atoms with Gasteiger partial charge in [-0.15, -0.1) is 10.2 Å². The molecule has 1 saturated carbocycles. The van der Waals surface area contributed by atoms with Gasteiger partial charge < -0.3 is 10.0 Å². The maximum absolute atomic E-state index is 10.7. The second-order valence-electron chi connectivity index (χ2n) is 5.45. The van der Waals surface area contributed by atoms with Crippen LogP contribution < -0.4 is 4.90 Å². The van der Waals surface area contributed by atoms with Crippen molar-refractivity contribution in [2.24, 2.45) is 5.92 Å². The van der Waals surface area contributed by atoms with Gasteiger partial charge in [-0.2, -0.15) is 0 Å². The Bertz CT molecular complexity index is 474. The van der Waals surface area contributed by atoms with Crippen molar-refractivity contribution >= 4 is 23.7 Å². The number of carboxylic acid groups (broad SMARTS) is 1. The highest BCUT2D eigenvalue weighted by Crippen LogP contribution is 2.29. The van der Waals surface area contributed by atoms with Crippen LogP contribution in [0.25, 0.3) is 0 Å². The predicted octanol–water partition coefficient (Wildman–Crippen LogP) is 2.49. The number of rotatable bonds is 9. The highest BCUT2D eigenvalue weighted by Gasteiger charge is 2.24. The number of carbonyl (C=O) groups is 1. The Morgan fingerprint density at radius 2 is 2.19 bits per heavy atom. The minimum absolute atomic E-state index is 0.0244. The molecule has 0 bridgehead atoms. The summed E-state index contributed by atoms with van der Waals surface area (Å²) in [5, 5.41) is 18.1. The number of nitrogens with zero attached hydrogens (tertiary/aromatic N) is 4. The third-order valence-corrected chi connectivity index (χ3v) is 4.79. The Balaban J connectivity index is 2.13. The Labute approximate surface area is 129 Å².